The Morgan fingerprint density at radius 2 is 1.57 bits per heavy atom. The average Bonchev–Trinajstić information content (AvgIpc) is 3.49. The highest BCUT2D eigenvalue weighted by Crippen LogP contribution is 2.48. The molecule has 1 unspecified atom stereocenters. The summed E-state index contributed by atoms with van der Waals surface area (Å²) in [5.41, 5.74) is 5.86. The predicted octanol–water partition coefficient (Wildman–Crippen LogP) is 4.24. The summed E-state index contributed by atoms with van der Waals surface area (Å²) in [6.07, 6.45) is 9.30. The van der Waals surface area contributed by atoms with Crippen molar-refractivity contribution < 1.29 is 14.0 Å². The number of hydrogen-bond donors (Lipinski definition) is 1. The van der Waals surface area contributed by atoms with E-state index in [4.69, 9.17) is 10.2 Å². The SMILES string of the molecule is NC(=O)C(c1ccccc1)(C1CCCC1)N(C(=O)c1ccco1)C1CCCC1. The summed E-state index contributed by atoms with van der Waals surface area (Å²) in [7, 11) is 0. The summed E-state index contributed by atoms with van der Waals surface area (Å²) in [4.78, 5) is 28.8. The Bertz CT molecular complexity index is 806. The van der Waals surface area contributed by atoms with Crippen molar-refractivity contribution in [2.75, 3.05) is 0 Å². The molecule has 0 aliphatic heterocycles. The molecule has 4 rings (SSSR count). The lowest BCUT2D eigenvalue weighted by Crippen LogP contribution is -2.63. The molecule has 2 saturated carbocycles. The van der Waals surface area contributed by atoms with E-state index in [-0.39, 0.29) is 23.6 Å². The highest BCUT2D eigenvalue weighted by Gasteiger charge is 2.55. The van der Waals surface area contributed by atoms with Crippen LogP contribution in [0.1, 0.15) is 67.5 Å². The van der Waals surface area contributed by atoms with Crippen LogP contribution >= 0.6 is 0 Å². The van der Waals surface area contributed by atoms with Crippen molar-refractivity contribution in [1.29, 1.82) is 0 Å². The molecule has 2 fully saturated rings. The third-order valence-electron chi connectivity index (χ3n) is 6.56. The molecule has 2 aromatic rings. The highest BCUT2D eigenvalue weighted by atomic mass is 16.3. The fraction of sp³-hybridized carbons (Fsp3) is 0.478. The van der Waals surface area contributed by atoms with Gasteiger partial charge in [-0.1, -0.05) is 56.0 Å². The molecule has 5 heteroatoms. The van der Waals surface area contributed by atoms with Crippen molar-refractivity contribution in [1.82, 2.24) is 4.90 Å². The molecule has 1 aromatic heterocycles. The van der Waals surface area contributed by atoms with E-state index in [9.17, 15) is 9.59 Å². The standard InChI is InChI=1S/C23H28N2O3/c24-22(27)23(18-11-4-5-12-18,17-9-2-1-3-10-17)25(19-13-6-7-14-19)21(26)20-15-8-16-28-20/h1-3,8-10,15-16,18-19H,4-7,11-14H2,(H2,24,27). The minimum atomic E-state index is -1.14. The lowest BCUT2D eigenvalue weighted by molar-refractivity contribution is -0.135. The van der Waals surface area contributed by atoms with Crippen LogP contribution in [0.2, 0.25) is 0 Å². The first-order chi connectivity index (χ1) is 13.7. The maximum absolute atomic E-state index is 13.7. The number of nitrogens with zero attached hydrogens (tertiary/aromatic N) is 1. The van der Waals surface area contributed by atoms with Gasteiger partial charge in [0.15, 0.2) is 5.76 Å². The molecule has 0 saturated heterocycles. The maximum Gasteiger partial charge on any atom is 0.290 e. The zero-order valence-corrected chi connectivity index (χ0v) is 16.2. The first-order valence-electron chi connectivity index (χ1n) is 10.4. The Morgan fingerprint density at radius 3 is 2.14 bits per heavy atom. The summed E-state index contributed by atoms with van der Waals surface area (Å²) < 4.78 is 5.47. The number of furan rings is 1. The van der Waals surface area contributed by atoms with Crippen LogP contribution in [0.15, 0.2) is 53.1 Å². The third-order valence-corrected chi connectivity index (χ3v) is 6.56. The van der Waals surface area contributed by atoms with Gasteiger partial charge in [-0.3, -0.25) is 9.59 Å². The van der Waals surface area contributed by atoms with Gasteiger partial charge in [0.2, 0.25) is 5.91 Å². The van der Waals surface area contributed by atoms with E-state index in [0.717, 1.165) is 56.9 Å². The Balaban J connectivity index is 1.92. The molecule has 2 amide bonds. The van der Waals surface area contributed by atoms with Crippen LogP contribution in [0, 0.1) is 5.92 Å². The van der Waals surface area contributed by atoms with Crippen LogP contribution in [0.5, 0.6) is 0 Å². The van der Waals surface area contributed by atoms with Gasteiger partial charge in [-0.15, -0.1) is 0 Å². The van der Waals surface area contributed by atoms with Gasteiger partial charge in [-0.25, -0.2) is 0 Å². The number of hydrogen-bond acceptors (Lipinski definition) is 3. The maximum atomic E-state index is 13.7. The Labute approximate surface area is 165 Å². The number of carbonyl (C=O) groups is 2. The Hall–Kier alpha value is -2.56. The second kappa shape index (κ2) is 7.82. The molecular formula is C23H28N2O3. The normalized spacial score (nSPS) is 20.1. The minimum absolute atomic E-state index is 0.00842. The van der Waals surface area contributed by atoms with E-state index in [1.807, 2.05) is 35.2 Å². The Morgan fingerprint density at radius 1 is 0.929 bits per heavy atom. The Kier molecular flexibility index (Phi) is 5.25. The van der Waals surface area contributed by atoms with Crippen LogP contribution in [0.4, 0.5) is 0 Å². The van der Waals surface area contributed by atoms with Crippen LogP contribution in [0.3, 0.4) is 0 Å². The fourth-order valence-corrected chi connectivity index (χ4v) is 5.36. The number of primary amides is 1. The number of carbonyl (C=O) groups excluding carboxylic acids is 2. The molecule has 0 spiro atoms. The van der Waals surface area contributed by atoms with E-state index in [0.29, 0.717) is 0 Å². The fourth-order valence-electron chi connectivity index (χ4n) is 5.36. The van der Waals surface area contributed by atoms with Crippen molar-refractivity contribution in [3.05, 3.63) is 60.1 Å². The van der Waals surface area contributed by atoms with Crippen molar-refractivity contribution in [2.24, 2.45) is 11.7 Å². The summed E-state index contributed by atoms with van der Waals surface area (Å²) in [6, 6.07) is 13.0. The summed E-state index contributed by atoms with van der Waals surface area (Å²) >= 11 is 0. The van der Waals surface area contributed by atoms with Gasteiger partial charge in [-0.05, 0) is 49.3 Å². The van der Waals surface area contributed by atoms with Gasteiger partial charge in [0.1, 0.15) is 5.54 Å². The predicted molar refractivity (Wildman–Crippen MR) is 106 cm³/mol. The topological polar surface area (TPSA) is 76.5 Å². The van der Waals surface area contributed by atoms with Crippen LogP contribution < -0.4 is 5.73 Å². The number of amides is 2. The van der Waals surface area contributed by atoms with Crippen molar-refractivity contribution in [3.8, 4) is 0 Å². The molecule has 1 aromatic carbocycles. The zero-order valence-electron chi connectivity index (χ0n) is 16.2. The molecule has 1 heterocycles. The summed E-state index contributed by atoms with van der Waals surface area (Å²) in [5.74, 6) is -0.373. The van der Waals surface area contributed by atoms with Gasteiger partial charge in [0, 0.05) is 6.04 Å². The van der Waals surface area contributed by atoms with Gasteiger partial charge in [-0.2, -0.15) is 0 Å². The monoisotopic (exact) mass is 380 g/mol. The number of nitrogens with two attached hydrogens (primary N) is 1. The quantitative estimate of drug-likeness (QED) is 0.814. The van der Waals surface area contributed by atoms with E-state index in [1.165, 1.54) is 6.26 Å². The average molecular weight is 380 g/mol. The molecule has 5 nitrogen and oxygen atoms in total. The molecule has 0 bridgehead atoms. The van der Waals surface area contributed by atoms with Gasteiger partial charge in [0.25, 0.3) is 5.91 Å². The molecule has 148 valence electrons. The van der Waals surface area contributed by atoms with E-state index < -0.39 is 11.4 Å². The van der Waals surface area contributed by atoms with Gasteiger partial charge >= 0.3 is 0 Å². The van der Waals surface area contributed by atoms with E-state index in [2.05, 4.69) is 0 Å². The second-order valence-corrected chi connectivity index (χ2v) is 8.07. The largest absolute Gasteiger partial charge is 0.459 e. The molecule has 28 heavy (non-hydrogen) atoms. The zero-order chi connectivity index (χ0) is 19.6. The van der Waals surface area contributed by atoms with Crippen LogP contribution in [-0.2, 0) is 10.3 Å². The summed E-state index contributed by atoms with van der Waals surface area (Å²) in [6.45, 7) is 0. The van der Waals surface area contributed by atoms with E-state index >= 15 is 0 Å². The molecule has 2 aliphatic rings. The van der Waals surface area contributed by atoms with E-state index in [1.54, 1.807) is 12.1 Å². The molecule has 2 aliphatic carbocycles. The number of benzene rings is 1. The molecule has 1 atom stereocenters. The first-order valence-corrected chi connectivity index (χ1v) is 10.4. The summed E-state index contributed by atoms with van der Waals surface area (Å²) in [5, 5.41) is 0. The second-order valence-electron chi connectivity index (χ2n) is 8.07. The van der Waals surface area contributed by atoms with Crippen LogP contribution in [0.25, 0.3) is 0 Å². The van der Waals surface area contributed by atoms with Crippen LogP contribution in [-0.4, -0.2) is 22.8 Å². The molecule has 0 radical (unpaired) electrons. The van der Waals surface area contributed by atoms with Gasteiger partial charge < -0.3 is 15.1 Å². The molecular weight excluding hydrogens is 352 g/mol. The van der Waals surface area contributed by atoms with Crippen molar-refractivity contribution in [3.63, 3.8) is 0 Å². The van der Waals surface area contributed by atoms with Crippen molar-refractivity contribution in [2.45, 2.75) is 62.9 Å². The smallest absolute Gasteiger partial charge is 0.290 e. The lowest BCUT2D eigenvalue weighted by atomic mass is 9.73. The first kappa shape index (κ1) is 18.8. The highest BCUT2D eigenvalue weighted by molar-refractivity contribution is 5.98. The van der Waals surface area contributed by atoms with Gasteiger partial charge in [0.05, 0.1) is 6.26 Å². The third kappa shape index (κ3) is 3.03. The minimum Gasteiger partial charge on any atom is -0.459 e. The molecule has 2 N–H and O–H groups in total. The lowest BCUT2D eigenvalue weighted by Gasteiger charge is -2.48. The number of rotatable bonds is 6. The van der Waals surface area contributed by atoms with Crippen molar-refractivity contribution >= 4 is 11.8 Å².